The van der Waals surface area contributed by atoms with Crippen molar-refractivity contribution in [3.8, 4) is 51.0 Å². The molecule has 0 atom stereocenters. The van der Waals surface area contributed by atoms with E-state index in [9.17, 15) is 0 Å². The van der Waals surface area contributed by atoms with E-state index in [-0.39, 0.29) is 0 Å². The summed E-state index contributed by atoms with van der Waals surface area (Å²) in [5.41, 5.74) is 10.4. The maximum Gasteiger partial charge on any atom is 0.165 e. The Labute approximate surface area is 376 Å². The highest BCUT2D eigenvalue weighted by Crippen LogP contribution is 2.45. The van der Waals surface area contributed by atoms with Crippen LogP contribution in [0.5, 0.6) is 0 Å². The molecular weight excluding hydrogens is 813 g/mol. The minimum atomic E-state index is 0.593. The molecule has 0 aliphatic rings. The molecule has 0 radical (unpaired) electrons. The van der Waals surface area contributed by atoms with Crippen LogP contribution in [0.2, 0.25) is 0 Å². The van der Waals surface area contributed by atoms with Crippen LogP contribution in [0.15, 0.2) is 211 Å². The molecular formula is C59H34N4OS. The number of fused-ring (bicyclic) bond motifs is 13. The van der Waals surface area contributed by atoms with E-state index in [1.54, 1.807) is 11.3 Å². The molecule has 0 aliphatic carbocycles. The van der Waals surface area contributed by atoms with Crippen LogP contribution in [0.25, 0.3) is 136 Å². The summed E-state index contributed by atoms with van der Waals surface area (Å²) in [4.78, 5) is 15.5. The lowest BCUT2D eigenvalue weighted by molar-refractivity contribution is 0.673. The number of aromatic nitrogens is 4. The molecule has 302 valence electrons. The molecule has 6 heteroatoms. The number of nitrogens with zero attached hydrogens (tertiary/aromatic N) is 4. The van der Waals surface area contributed by atoms with Crippen molar-refractivity contribution in [1.29, 1.82) is 0 Å². The largest absolute Gasteiger partial charge is 0.455 e. The predicted octanol–water partition coefficient (Wildman–Crippen LogP) is 16.2. The summed E-state index contributed by atoms with van der Waals surface area (Å²) in [6.07, 6.45) is 0. The highest BCUT2D eigenvalue weighted by Gasteiger charge is 2.21. The minimum absolute atomic E-state index is 0.593. The van der Waals surface area contributed by atoms with Crippen molar-refractivity contribution in [2.75, 3.05) is 0 Å². The number of para-hydroxylation sites is 1. The topological polar surface area (TPSA) is 56.7 Å². The van der Waals surface area contributed by atoms with Gasteiger partial charge >= 0.3 is 0 Å². The Bertz CT molecular complexity index is 4240. The van der Waals surface area contributed by atoms with Crippen molar-refractivity contribution in [2.24, 2.45) is 0 Å². The first kappa shape index (κ1) is 36.1. The number of hydrogen-bond donors (Lipinski definition) is 0. The molecule has 65 heavy (non-hydrogen) atoms. The van der Waals surface area contributed by atoms with Crippen LogP contribution >= 0.6 is 11.3 Å². The molecule has 0 saturated carbocycles. The minimum Gasteiger partial charge on any atom is -0.455 e. The summed E-state index contributed by atoms with van der Waals surface area (Å²) < 4.78 is 11.4. The van der Waals surface area contributed by atoms with Gasteiger partial charge in [-0.3, -0.25) is 0 Å². The van der Waals surface area contributed by atoms with Crippen molar-refractivity contribution in [1.82, 2.24) is 19.5 Å². The van der Waals surface area contributed by atoms with Crippen LogP contribution in [0.3, 0.4) is 0 Å². The van der Waals surface area contributed by atoms with Gasteiger partial charge in [0.2, 0.25) is 0 Å². The van der Waals surface area contributed by atoms with Crippen LogP contribution in [-0.2, 0) is 0 Å². The second-order valence-electron chi connectivity index (χ2n) is 16.7. The molecule has 0 unspecified atom stereocenters. The van der Waals surface area contributed by atoms with E-state index >= 15 is 0 Å². The van der Waals surface area contributed by atoms with E-state index in [0.29, 0.717) is 17.5 Å². The quantitative estimate of drug-likeness (QED) is 0.173. The number of thiophene rings is 1. The van der Waals surface area contributed by atoms with Gasteiger partial charge in [-0.1, -0.05) is 158 Å². The average Bonchev–Trinajstić information content (AvgIpc) is 4.06. The summed E-state index contributed by atoms with van der Waals surface area (Å²) in [5.74, 6) is 1.84. The first-order valence-electron chi connectivity index (χ1n) is 21.8. The summed E-state index contributed by atoms with van der Waals surface area (Å²) in [6, 6.07) is 73.3. The van der Waals surface area contributed by atoms with Gasteiger partial charge in [0, 0.05) is 69.5 Å². The maximum absolute atomic E-state index is 6.61. The fourth-order valence-corrected chi connectivity index (χ4v) is 11.3. The van der Waals surface area contributed by atoms with E-state index in [1.165, 1.54) is 59.2 Å². The van der Waals surface area contributed by atoms with E-state index < -0.39 is 0 Å². The zero-order valence-corrected chi connectivity index (χ0v) is 35.6. The van der Waals surface area contributed by atoms with Crippen molar-refractivity contribution in [3.63, 3.8) is 0 Å². The zero-order chi connectivity index (χ0) is 42.6. The van der Waals surface area contributed by atoms with Gasteiger partial charge in [-0.2, -0.15) is 0 Å². The number of hydrogen-bond acceptors (Lipinski definition) is 5. The Kier molecular flexibility index (Phi) is 7.79. The van der Waals surface area contributed by atoms with Gasteiger partial charge < -0.3 is 8.98 Å². The summed E-state index contributed by atoms with van der Waals surface area (Å²) in [6.45, 7) is 0. The molecule has 0 N–H and O–H groups in total. The van der Waals surface area contributed by atoms with Gasteiger partial charge in [-0.15, -0.1) is 11.3 Å². The Morgan fingerprint density at radius 1 is 0.385 bits per heavy atom. The monoisotopic (exact) mass is 846 g/mol. The van der Waals surface area contributed by atoms with Crippen LogP contribution in [0.1, 0.15) is 0 Å². The molecule has 0 amide bonds. The van der Waals surface area contributed by atoms with E-state index in [1.807, 2.05) is 18.2 Å². The van der Waals surface area contributed by atoms with Crippen LogP contribution in [0, 0.1) is 0 Å². The second-order valence-corrected chi connectivity index (χ2v) is 17.7. The molecule has 14 rings (SSSR count). The van der Waals surface area contributed by atoms with Crippen molar-refractivity contribution in [3.05, 3.63) is 206 Å². The van der Waals surface area contributed by atoms with Gasteiger partial charge in [-0.25, -0.2) is 15.0 Å². The van der Waals surface area contributed by atoms with Crippen molar-refractivity contribution >= 4 is 96.8 Å². The molecule has 0 fully saturated rings. The smallest absolute Gasteiger partial charge is 0.165 e. The molecule has 10 aromatic carbocycles. The van der Waals surface area contributed by atoms with Gasteiger partial charge in [0.25, 0.3) is 0 Å². The first-order valence-corrected chi connectivity index (χ1v) is 22.7. The zero-order valence-electron chi connectivity index (χ0n) is 34.7. The fraction of sp³-hybridized carbons (Fsp3) is 0. The maximum atomic E-state index is 6.61. The number of furan rings is 1. The third-order valence-corrected chi connectivity index (χ3v) is 14.2. The lowest BCUT2D eigenvalue weighted by Crippen LogP contribution is -2.00. The predicted molar refractivity (Wildman–Crippen MR) is 271 cm³/mol. The van der Waals surface area contributed by atoms with Crippen molar-refractivity contribution < 1.29 is 4.42 Å². The Morgan fingerprint density at radius 3 is 1.89 bits per heavy atom. The molecule has 4 heterocycles. The molecule has 0 aliphatic heterocycles. The Morgan fingerprint density at radius 2 is 1.05 bits per heavy atom. The van der Waals surface area contributed by atoms with E-state index in [0.717, 1.165) is 59.8 Å². The van der Waals surface area contributed by atoms with E-state index in [4.69, 9.17) is 19.4 Å². The van der Waals surface area contributed by atoms with Crippen LogP contribution in [-0.4, -0.2) is 19.5 Å². The summed E-state index contributed by atoms with van der Waals surface area (Å²) in [5, 5.41) is 11.8. The van der Waals surface area contributed by atoms with Gasteiger partial charge in [0.1, 0.15) is 11.2 Å². The third kappa shape index (κ3) is 5.54. The third-order valence-electron chi connectivity index (χ3n) is 13.0. The lowest BCUT2D eigenvalue weighted by atomic mass is 9.95. The molecule has 14 aromatic rings. The van der Waals surface area contributed by atoms with Crippen LogP contribution < -0.4 is 0 Å². The second kappa shape index (κ2) is 14.0. The van der Waals surface area contributed by atoms with Crippen molar-refractivity contribution in [2.45, 2.75) is 0 Å². The van der Waals surface area contributed by atoms with E-state index in [2.05, 4.69) is 193 Å². The normalized spacial score (nSPS) is 12.0. The summed E-state index contributed by atoms with van der Waals surface area (Å²) in [7, 11) is 0. The Balaban J connectivity index is 0.952. The standard InChI is InChI=1S/C59H34N4OS/c1-3-14-35(15-4-1)49-34-51-54(44-21-10-9-20-41(44)49)47-22-11-12-25-50(47)63(51)39-28-31-43-46-23-13-24-48(56(46)65-53(43)33-39)59-61-57(37-17-5-2-6-18-37)60-58(62-59)38-27-29-42-45-30-26-36-16-7-8-19-40(36)55(45)64-52(42)32-38/h1-34H. The number of benzene rings is 10. The fourth-order valence-electron chi connectivity index (χ4n) is 10.1. The first-order chi connectivity index (χ1) is 32.2. The van der Waals surface area contributed by atoms with Gasteiger partial charge in [-0.05, 0) is 75.8 Å². The van der Waals surface area contributed by atoms with Gasteiger partial charge in [0.15, 0.2) is 17.5 Å². The van der Waals surface area contributed by atoms with Crippen LogP contribution in [0.4, 0.5) is 0 Å². The highest BCUT2D eigenvalue weighted by atomic mass is 32.1. The molecule has 0 spiro atoms. The summed E-state index contributed by atoms with van der Waals surface area (Å²) >= 11 is 1.79. The molecule has 5 nitrogen and oxygen atoms in total. The SMILES string of the molecule is c1ccc(-c2nc(-c3ccc4c(c3)oc3c5ccccc5ccc43)nc(-c3cccc4c3sc3cc(-n5c6ccccc6c6c7ccccc7c(-c7ccccc7)cc65)ccc34)n2)cc1. The average molecular weight is 847 g/mol. The highest BCUT2D eigenvalue weighted by molar-refractivity contribution is 7.26. The lowest BCUT2D eigenvalue weighted by Gasteiger charge is -2.12. The van der Waals surface area contributed by atoms with Gasteiger partial charge in [0.05, 0.1) is 11.0 Å². The molecule has 4 aromatic heterocycles. The molecule has 0 bridgehead atoms. The number of rotatable bonds is 5. The Hall–Kier alpha value is -8.45. The molecule has 0 saturated heterocycles.